The summed E-state index contributed by atoms with van der Waals surface area (Å²) in [5, 5.41) is 2.62. The molecule has 0 bridgehead atoms. The lowest BCUT2D eigenvalue weighted by Gasteiger charge is -2.21. The molecule has 0 saturated carbocycles. The molecule has 9 nitrogen and oxygen atoms in total. The largest absolute Gasteiger partial charge is 0.482 e. The Bertz CT molecular complexity index is 971. The van der Waals surface area contributed by atoms with Crippen molar-refractivity contribution in [3.05, 3.63) is 36.4 Å². The van der Waals surface area contributed by atoms with Crippen LogP contribution in [0.4, 0.5) is 5.69 Å². The molecule has 0 unspecified atom stereocenters. The van der Waals surface area contributed by atoms with Crippen LogP contribution in [0, 0.1) is 0 Å². The monoisotopic (exact) mass is 392 g/mol. The molecule has 2 aliphatic heterocycles. The van der Waals surface area contributed by atoms with Crippen molar-refractivity contribution >= 4 is 21.6 Å². The van der Waals surface area contributed by atoms with Crippen LogP contribution in [0.3, 0.4) is 0 Å². The predicted molar refractivity (Wildman–Crippen MR) is 95.9 cm³/mol. The number of benzene rings is 1. The zero-order valence-electron chi connectivity index (χ0n) is 14.7. The lowest BCUT2D eigenvalue weighted by Crippen LogP contribution is -2.37. The standard InChI is InChI=1S/C17H20N4O5S/c1-2-21-7-6-18-17(21)16-12(5-8-25-16)20-27(23,24)11-3-4-14-13(9-11)19-15(22)10-26-14/h3-4,6-7,9,12,16,20H,2,5,8,10H2,1H3,(H,19,22)/t12-,16-/m1/s1. The quantitative estimate of drug-likeness (QED) is 0.787. The van der Waals surface area contributed by atoms with Crippen molar-refractivity contribution in [3.63, 3.8) is 0 Å². The summed E-state index contributed by atoms with van der Waals surface area (Å²) in [6, 6.07) is 3.96. The molecule has 10 heteroatoms. The Morgan fingerprint density at radius 1 is 1.41 bits per heavy atom. The Morgan fingerprint density at radius 2 is 2.26 bits per heavy atom. The van der Waals surface area contributed by atoms with Crippen molar-refractivity contribution in [2.45, 2.75) is 36.9 Å². The summed E-state index contributed by atoms with van der Waals surface area (Å²) < 4.78 is 41.4. The highest BCUT2D eigenvalue weighted by Gasteiger charge is 2.36. The van der Waals surface area contributed by atoms with Gasteiger partial charge >= 0.3 is 0 Å². The number of carbonyl (C=O) groups excluding carboxylic acids is 1. The fraction of sp³-hybridized carbons (Fsp3) is 0.412. The van der Waals surface area contributed by atoms with Gasteiger partial charge in [0.1, 0.15) is 17.7 Å². The number of hydrogen-bond donors (Lipinski definition) is 2. The summed E-state index contributed by atoms with van der Waals surface area (Å²) in [4.78, 5) is 15.9. The maximum Gasteiger partial charge on any atom is 0.262 e. The van der Waals surface area contributed by atoms with E-state index < -0.39 is 22.2 Å². The van der Waals surface area contributed by atoms with E-state index in [0.717, 1.165) is 6.54 Å². The van der Waals surface area contributed by atoms with Crippen LogP contribution in [0.2, 0.25) is 0 Å². The van der Waals surface area contributed by atoms with E-state index in [1.54, 1.807) is 6.20 Å². The van der Waals surface area contributed by atoms with Gasteiger partial charge in [0.05, 0.1) is 16.6 Å². The molecule has 0 spiro atoms. The number of rotatable bonds is 5. The van der Waals surface area contributed by atoms with Gasteiger partial charge in [0.2, 0.25) is 10.0 Å². The number of aromatic nitrogens is 2. The summed E-state index contributed by atoms with van der Waals surface area (Å²) >= 11 is 0. The van der Waals surface area contributed by atoms with Gasteiger partial charge in [-0.25, -0.2) is 18.1 Å². The first-order valence-corrected chi connectivity index (χ1v) is 10.2. The SMILES string of the molecule is CCn1ccnc1[C@@H]1OCC[C@H]1NS(=O)(=O)c1ccc2c(c1)NC(=O)CO2. The van der Waals surface area contributed by atoms with Crippen LogP contribution in [0.1, 0.15) is 25.3 Å². The van der Waals surface area contributed by atoms with E-state index in [0.29, 0.717) is 30.3 Å². The number of imidazole rings is 1. The molecule has 2 aromatic rings. The Morgan fingerprint density at radius 3 is 3.07 bits per heavy atom. The number of sulfonamides is 1. The van der Waals surface area contributed by atoms with Crippen LogP contribution < -0.4 is 14.8 Å². The van der Waals surface area contributed by atoms with Crippen LogP contribution in [-0.4, -0.2) is 43.1 Å². The average Bonchev–Trinajstić information content (AvgIpc) is 3.29. The normalized spacial score (nSPS) is 22.2. The third-order valence-electron chi connectivity index (χ3n) is 4.64. The fourth-order valence-electron chi connectivity index (χ4n) is 3.31. The number of ether oxygens (including phenoxy) is 2. The van der Waals surface area contributed by atoms with Gasteiger partial charge in [-0.3, -0.25) is 4.79 Å². The average molecular weight is 392 g/mol. The molecule has 1 saturated heterocycles. The van der Waals surface area contributed by atoms with Crippen molar-refractivity contribution in [3.8, 4) is 5.75 Å². The highest BCUT2D eigenvalue weighted by atomic mass is 32.2. The first-order chi connectivity index (χ1) is 13.0. The molecule has 0 aliphatic carbocycles. The fourth-order valence-corrected chi connectivity index (χ4v) is 4.60. The highest BCUT2D eigenvalue weighted by molar-refractivity contribution is 7.89. The number of aryl methyl sites for hydroxylation is 1. The molecule has 2 aliphatic rings. The van der Waals surface area contributed by atoms with Gasteiger partial charge in [-0.1, -0.05) is 0 Å². The Kier molecular flexibility index (Phi) is 4.62. The zero-order chi connectivity index (χ0) is 19.0. The van der Waals surface area contributed by atoms with E-state index in [4.69, 9.17) is 9.47 Å². The minimum Gasteiger partial charge on any atom is -0.482 e. The molecule has 1 fully saturated rings. The van der Waals surface area contributed by atoms with Crippen LogP contribution in [-0.2, 0) is 26.1 Å². The second kappa shape index (κ2) is 6.95. The smallest absolute Gasteiger partial charge is 0.262 e. The minimum atomic E-state index is -3.81. The Balaban J connectivity index is 1.58. The number of carbonyl (C=O) groups is 1. The summed E-state index contributed by atoms with van der Waals surface area (Å²) in [5.41, 5.74) is 0.342. The predicted octanol–water partition coefficient (Wildman–Crippen LogP) is 1.04. The molecule has 1 aromatic carbocycles. The summed E-state index contributed by atoms with van der Waals surface area (Å²) in [6.45, 7) is 3.08. The van der Waals surface area contributed by atoms with Gasteiger partial charge in [0.15, 0.2) is 6.61 Å². The van der Waals surface area contributed by atoms with Crippen molar-refractivity contribution in [2.75, 3.05) is 18.5 Å². The van der Waals surface area contributed by atoms with Gasteiger partial charge in [-0.15, -0.1) is 0 Å². The molecule has 1 aromatic heterocycles. The van der Waals surface area contributed by atoms with E-state index in [2.05, 4.69) is 15.0 Å². The van der Waals surface area contributed by atoms with Crippen molar-refractivity contribution in [2.24, 2.45) is 0 Å². The maximum absolute atomic E-state index is 12.9. The molecular formula is C17H20N4O5S. The third kappa shape index (κ3) is 3.43. The number of fused-ring (bicyclic) bond motifs is 1. The molecule has 27 heavy (non-hydrogen) atoms. The maximum atomic E-state index is 12.9. The molecular weight excluding hydrogens is 372 g/mol. The van der Waals surface area contributed by atoms with E-state index in [1.807, 2.05) is 17.7 Å². The lowest BCUT2D eigenvalue weighted by molar-refractivity contribution is -0.118. The lowest BCUT2D eigenvalue weighted by atomic mass is 10.1. The molecule has 2 N–H and O–H groups in total. The second-order valence-electron chi connectivity index (χ2n) is 6.37. The van der Waals surface area contributed by atoms with Crippen molar-refractivity contribution in [1.82, 2.24) is 14.3 Å². The first-order valence-electron chi connectivity index (χ1n) is 8.69. The number of hydrogen-bond acceptors (Lipinski definition) is 6. The van der Waals surface area contributed by atoms with Gasteiger partial charge in [-0.05, 0) is 31.5 Å². The number of nitrogens with one attached hydrogen (secondary N) is 2. The van der Waals surface area contributed by atoms with Gasteiger partial charge in [-0.2, -0.15) is 0 Å². The minimum absolute atomic E-state index is 0.0523. The van der Waals surface area contributed by atoms with Crippen LogP contribution in [0.15, 0.2) is 35.5 Å². The van der Waals surface area contributed by atoms with Crippen LogP contribution in [0.5, 0.6) is 5.75 Å². The summed E-state index contributed by atoms with van der Waals surface area (Å²) in [6.07, 6.45) is 3.62. The highest BCUT2D eigenvalue weighted by Crippen LogP contribution is 2.32. The molecule has 144 valence electrons. The number of anilines is 1. The molecule has 0 radical (unpaired) electrons. The van der Waals surface area contributed by atoms with Crippen molar-refractivity contribution in [1.29, 1.82) is 0 Å². The van der Waals surface area contributed by atoms with Gasteiger partial charge in [0, 0.05) is 25.5 Å². The first kappa shape index (κ1) is 18.0. The zero-order valence-corrected chi connectivity index (χ0v) is 15.5. The summed E-state index contributed by atoms with van der Waals surface area (Å²) in [7, 11) is -3.81. The van der Waals surface area contributed by atoms with E-state index in [1.165, 1.54) is 18.2 Å². The van der Waals surface area contributed by atoms with E-state index in [9.17, 15) is 13.2 Å². The summed E-state index contributed by atoms with van der Waals surface area (Å²) in [5.74, 6) is 0.829. The molecule has 1 amide bonds. The number of amides is 1. The van der Waals surface area contributed by atoms with Crippen LogP contribution >= 0.6 is 0 Å². The Labute approximate surface area is 156 Å². The van der Waals surface area contributed by atoms with Crippen molar-refractivity contribution < 1.29 is 22.7 Å². The van der Waals surface area contributed by atoms with E-state index in [-0.39, 0.29) is 17.4 Å². The molecule has 4 rings (SSSR count). The second-order valence-corrected chi connectivity index (χ2v) is 8.09. The number of nitrogens with zero attached hydrogens (tertiary/aromatic N) is 2. The Hall–Kier alpha value is -2.43. The van der Waals surface area contributed by atoms with Crippen LogP contribution in [0.25, 0.3) is 0 Å². The topological polar surface area (TPSA) is 112 Å². The third-order valence-corrected chi connectivity index (χ3v) is 6.12. The molecule has 3 heterocycles. The van der Waals surface area contributed by atoms with Gasteiger partial charge in [0.25, 0.3) is 5.91 Å². The molecule has 2 atom stereocenters. The van der Waals surface area contributed by atoms with Gasteiger partial charge < -0.3 is 19.4 Å². The van der Waals surface area contributed by atoms with E-state index >= 15 is 0 Å².